The summed E-state index contributed by atoms with van der Waals surface area (Å²) in [7, 11) is -4.51. The molecule has 0 fully saturated rings. The van der Waals surface area contributed by atoms with Crippen LogP contribution in [0.1, 0.15) is 50.5 Å². The van der Waals surface area contributed by atoms with Crippen molar-refractivity contribution >= 4 is 9.84 Å². The summed E-state index contributed by atoms with van der Waals surface area (Å²) in [5, 5.41) is 10.7. The molecule has 1 N–H and O–H groups in total. The fraction of sp³-hybridized carbons (Fsp3) is 0.250. The van der Waals surface area contributed by atoms with E-state index in [9.17, 15) is 27.1 Å². The number of pyridine rings is 1. The molecule has 0 saturated carbocycles. The van der Waals surface area contributed by atoms with Gasteiger partial charge < -0.3 is 5.11 Å². The fourth-order valence-electron chi connectivity index (χ4n) is 4.41. The van der Waals surface area contributed by atoms with Crippen molar-refractivity contribution in [3.63, 3.8) is 0 Å². The van der Waals surface area contributed by atoms with Gasteiger partial charge in [0.25, 0.3) is 5.56 Å². The van der Waals surface area contributed by atoms with E-state index < -0.39 is 43.8 Å². The molecule has 38 heavy (non-hydrogen) atoms. The van der Waals surface area contributed by atoms with Gasteiger partial charge >= 0.3 is 0 Å². The van der Waals surface area contributed by atoms with Crippen molar-refractivity contribution < 1.29 is 22.3 Å². The Hall–Kier alpha value is -3.92. The van der Waals surface area contributed by atoms with E-state index in [4.69, 9.17) is 0 Å². The van der Waals surface area contributed by atoms with Crippen molar-refractivity contribution in [3.8, 4) is 17.0 Å². The standard InChI is InChI=1S/C28H27F2N3O4S/c1-3-5-9-25-32-27(34)26(28(35)33(25)24(4-2)19-7-6-8-21(29)14-19)38(36,37)23-12-10-18(11-13-23)20-15-22(30)17-31-16-20/h6-8,10-17,24,34H,3-5,9H2,1-2H3/t24-/m0/s1. The topological polar surface area (TPSA) is 102 Å². The van der Waals surface area contributed by atoms with E-state index in [1.807, 2.05) is 6.92 Å². The first-order valence-corrected chi connectivity index (χ1v) is 13.7. The summed E-state index contributed by atoms with van der Waals surface area (Å²) in [5.74, 6) is -1.69. The van der Waals surface area contributed by atoms with Crippen LogP contribution in [0.2, 0.25) is 0 Å². The second kappa shape index (κ2) is 11.2. The first kappa shape index (κ1) is 27.1. The zero-order chi connectivity index (χ0) is 27.4. The third-order valence-corrected chi connectivity index (χ3v) is 8.07. The quantitative estimate of drug-likeness (QED) is 0.303. The van der Waals surface area contributed by atoms with E-state index in [1.165, 1.54) is 59.3 Å². The van der Waals surface area contributed by atoms with Gasteiger partial charge in [-0.1, -0.05) is 44.5 Å². The second-order valence-corrected chi connectivity index (χ2v) is 10.7. The molecule has 0 aliphatic carbocycles. The van der Waals surface area contributed by atoms with Crippen LogP contribution in [0, 0.1) is 11.6 Å². The monoisotopic (exact) mass is 539 g/mol. The molecular formula is C28H27F2N3O4S. The fourth-order valence-corrected chi connectivity index (χ4v) is 5.76. The molecule has 0 saturated heterocycles. The number of hydrogen-bond acceptors (Lipinski definition) is 6. The molecule has 0 aliphatic heterocycles. The third-order valence-electron chi connectivity index (χ3n) is 6.29. The summed E-state index contributed by atoms with van der Waals surface area (Å²) < 4.78 is 56.1. The maximum absolute atomic E-state index is 14.1. The minimum absolute atomic E-state index is 0.221. The molecule has 2 aromatic heterocycles. The Kier molecular flexibility index (Phi) is 8.01. The van der Waals surface area contributed by atoms with E-state index in [2.05, 4.69) is 9.97 Å². The van der Waals surface area contributed by atoms with Crippen molar-refractivity contribution in [2.45, 2.75) is 55.4 Å². The van der Waals surface area contributed by atoms with E-state index >= 15 is 0 Å². The highest BCUT2D eigenvalue weighted by atomic mass is 32.2. The number of rotatable bonds is 9. The average molecular weight is 540 g/mol. The Morgan fingerprint density at radius 1 is 0.974 bits per heavy atom. The van der Waals surface area contributed by atoms with E-state index in [0.717, 1.165) is 12.6 Å². The zero-order valence-electron chi connectivity index (χ0n) is 20.9. The number of unbranched alkanes of at least 4 members (excludes halogenated alkanes) is 1. The molecule has 0 radical (unpaired) electrons. The molecular weight excluding hydrogens is 512 g/mol. The molecule has 0 spiro atoms. The summed E-state index contributed by atoms with van der Waals surface area (Å²) in [6.07, 6.45) is 4.59. The van der Waals surface area contributed by atoms with Gasteiger partial charge in [-0.3, -0.25) is 14.3 Å². The molecule has 7 nitrogen and oxygen atoms in total. The number of hydrogen-bond donors (Lipinski definition) is 1. The molecule has 0 amide bonds. The normalized spacial score (nSPS) is 12.4. The van der Waals surface area contributed by atoms with Crippen molar-refractivity contribution in [1.29, 1.82) is 0 Å². The molecule has 4 rings (SSSR count). The Bertz CT molecular complexity index is 1620. The van der Waals surface area contributed by atoms with Crippen LogP contribution < -0.4 is 5.56 Å². The van der Waals surface area contributed by atoms with Gasteiger partial charge in [0.15, 0.2) is 4.90 Å². The maximum Gasteiger partial charge on any atom is 0.277 e. The van der Waals surface area contributed by atoms with Crippen LogP contribution >= 0.6 is 0 Å². The van der Waals surface area contributed by atoms with Crippen LogP contribution in [0.5, 0.6) is 5.88 Å². The Balaban J connectivity index is 1.86. The van der Waals surface area contributed by atoms with Crippen LogP contribution in [0.15, 0.2) is 81.6 Å². The first-order chi connectivity index (χ1) is 18.2. The molecule has 1 atom stereocenters. The van der Waals surface area contributed by atoms with Crippen molar-refractivity contribution in [2.24, 2.45) is 0 Å². The van der Waals surface area contributed by atoms with Gasteiger partial charge in [0, 0.05) is 18.2 Å². The zero-order valence-corrected chi connectivity index (χ0v) is 21.8. The third kappa shape index (κ3) is 5.35. The van der Waals surface area contributed by atoms with Crippen molar-refractivity contribution in [1.82, 2.24) is 14.5 Å². The molecule has 198 valence electrons. The van der Waals surface area contributed by atoms with Gasteiger partial charge in [-0.05, 0) is 54.3 Å². The van der Waals surface area contributed by atoms with Crippen LogP contribution in [0.4, 0.5) is 8.78 Å². The minimum Gasteiger partial charge on any atom is -0.492 e. The molecule has 2 heterocycles. The molecule has 10 heteroatoms. The van der Waals surface area contributed by atoms with Gasteiger partial charge in [-0.25, -0.2) is 17.2 Å². The van der Waals surface area contributed by atoms with Crippen LogP contribution in [-0.4, -0.2) is 28.1 Å². The number of sulfone groups is 1. The number of aromatic nitrogens is 3. The maximum atomic E-state index is 14.1. The number of aromatic hydroxyl groups is 1. The van der Waals surface area contributed by atoms with Gasteiger partial charge in [0.05, 0.1) is 17.1 Å². The van der Waals surface area contributed by atoms with E-state index in [1.54, 1.807) is 13.0 Å². The highest BCUT2D eigenvalue weighted by molar-refractivity contribution is 7.91. The largest absolute Gasteiger partial charge is 0.492 e. The Labute approximate surface area is 219 Å². The predicted octanol–water partition coefficient (Wildman–Crippen LogP) is 5.46. The average Bonchev–Trinajstić information content (AvgIpc) is 2.89. The second-order valence-electron chi connectivity index (χ2n) is 8.86. The SMILES string of the molecule is CCCCc1nc(O)c(S(=O)(=O)c2ccc(-c3cncc(F)c3)cc2)c(=O)n1[C@@H](CC)c1cccc(F)c1. The number of benzene rings is 2. The van der Waals surface area contributed by atoms with E-state index in [0.29, 0.717) is 36.0 Å². The van der Waals surface area contributed by atoms with Crippen molar-refractivity contribution in [3.05, 3.63) is 100 Å². The first-order valence-electron chi connectivity index (χ1n) is 12.2. The lowest BCUT2D eigenvalue weighted by atomic mass is 10.0. The predicted molar refractivity (Wildman–Crippen MR) is 139 cm³/mol. The van der Waals surface area contributed by atoms with Crippen molar-refractivity contribution in [2.75, 3.05) is 0 Å². The van der Waals surface area contributed by atoms with Gasteiger partial charge in [0.1, 0.15) is 17.5 Å². The summed E-state index contributed by atoms with van der Waals surface area (Å²) in [4.78, 5) is 20.7. The molecule has 4 aromatic rings. The molecule has 0 aliphatic rings. The van der Waals surface area contributed by atoms with Crippen LogP contribution in [0.25, 0.3) is 11.1 Å². The minimum atomic E-state index is -4.51. The molecule has 0 unspecified atom stereocenters. The Morgan fingerprint density at radius 2 is 1.71 bits per heavy atom. The highest BCUT2D eigenvalue weighted by Gasteiger charge is 2.31. The summed E-state index contributed by atoms with van der Waals surface area (Å²) in [6, 6.07) is 11.8. The summed E-state index contributed by atoms with van der Waals surface area (Å²) in [5.41, 5.74) is 0.513. The lowest BCUT2D eigenvalue weighted by Crippen LogP contribution is -2.33. The summed E-state index contributed by atoms with van der Waals surface area (Å²) >= 11 is 0. The smallest absolute Gasteiger partial charge is 0.277 e. The number of aryl methyl sites for hydroxylation is 1. The molecule has 2 aromatic carbocycles. The van der Waals surface area contributed by atoms with Gasteiger partial charge in [0.2, 0.25) is 15.7 Å². The summed E-state index contributed by atoms with van der Waals surface area (Å²) in [6.45, 7) is 3.75. The van der Waals surface area contributed by atoms with Crippen LogP contribution in [-0.2, 0) is 16.3 Å². The van der Waals surface area contributed by atoms with Gasteiger partial charge in [-0.15, -0.1) is 0 Å². The van der Waals surface area contributed by atoms with Crippen LogP contribution in [0.3, 0.4) is 0 Å². The lowest BCUT2D eigenvalue weighted by molar-refractivity contribution is 0.406. The lowest BCUT2D eigenvalue weighted by Gasteiger charge is -2.23. The number of halogens is 2. The highest BCUT2D eigenvalue weighted by Crippen LogP contribution is 2.30. The number of nitrogens with zero attached hydrogens (tertiary/aromatic N) is 3. The Morgan fingerprint density at radius 3 is 2.34 bits per heavy atom. The van der Waals surface area contributed by atoms with Gasteiger partial charge in [-0.2, -0.15) is 4.98 Å². The van der Waals surface area contributed by atoms with E-state index in [-0.39, 0.29) is 10.7 Å². The molecule has 0 bridgehead atoms.